The summed E-state index contributed by atoms with van der Waals surface area (Å²) in [6.45, 7) is 0. The summed E-state index contributed by atoms with van der Waals surface area (Å²) in [6.07, 6.45) is 0. The van der Waals surface area contributed by atoms with Gasteiger partial charge in [-0.25, -0.2) is 0 Å². The van der Waals surface area contributed by atoms with E-state index < -0.39 is 0 Å². The van der Waals surface area contributed by atoms with Gasteiger partial charge in [-0.2, -0.15) is 0 Å². The fraction of sp³-hybridized carbons (Fsp3) is 0. The van der Waals surface area contributed by atoms with E-state index in [0.29, 0.717) is 31.8 Å². The highest BCUT2D eigenvalue weighted by atomic mass is 28.2. The second-order valence-electron chi connectivity index (χ2n) is 6.97. The maximum absolute atomic E-state index is 13.6. The van der Waals surface area contributed by atoms with Gasteiger partial charge in [-0.05, 0) is 16.3 Å². The average molecular weight is 388 g/mol. The zero-order chi connectivity index (χ0) is 19.8. The lowest BCUT2D eigenvalue weighted by atomic mass is 9.87. The predicted molar refractivity (Wildman–Crippen MR) is 117 cm³/mol. The van der Waals surface area contributed by atoms with Crippen LogP contribution in [0, 0.1) is 0 Å². The fourth-order valence-corrected chi connectivity index (χ4v) is 5.21. The number of benzene rings is 4. The van der Waals surface area contributed by atoms with E-state index in [1.165, 1.54) is 5.19 Å². The van der Waals surface area contributed by atoms with Crippen LogP contribution in [0.2, 0.25) is 0 Å². The molecule has 3 heteroatoms. The van der Waals surface area contributed by atoms with Crippen LogP contribution < -0.4 is 10.4 Å². The third-order valence-electron chi connectivity index (χ3n) is 5.21. The van der Waals surface area contributed by atoms with Gasteiger partial charge in [0.1, 0.15) is 9.52 Å². The molecule has 2 nitrogen and oxygen atoms in total. The molecule has 0 N–H and O–H groups in total. The number of carbonyl (C=O) groups is 2. The molecule has 1 heterocycles. The van der Waals surface area contributed by atoms with E-state index in [4.69, 9.17) is 0 Å². The van der Waals surface area contributed by atoms with Crippen molar-refractivity contribution < 1.29 is 9.59 Å². The molecule has 0 atom stereocenters. The Morgan fingerprint density at radius 2 is 1.14 bits per heavy atom. The lowest BCUT2D eigenvalue weighted by Crippen LogP contribution is -2.22. The van der Waals surface area contributed by atoms with Crippen LogP contribution in [0.3, 0.4) is 0 Å². The zero-order valence-corrected chi connectivity index (χ0v) is 16.6. The minimum absolute atomic E-state index is 0.108. The SMILES string of the molecule is O=C(c1ccccc1)c1ccc2c(c1C(=O)c1ccccc1)-c1ccccc1[Si]2. The Hall–Kier alpha value is -3.56. The van der Waals surface area contributed by atoms with E-state index in [-0.39, 0.29) is 11.6 Å². The Bertz CT molecular complexity index is 1240. The molecule has 0 aromatic heterocycles. The van der Waals surface area contributed by atoms with E-state index in [1.807, 2.05) is 78.9 Å². The van der Waals surface area contributed by atoms with Gasteiger partial charge in [0.15, 0.2) is 11.6 Å². The lowest BCUT2D eigenvalue weighted by molar-refractivity contribution is 0.100. The van der Waals surface area contributed by atoms with Crippen molar-refractivity contribution in [3.63, 3.8) is 0 Å². The second kappa shape index (κ2) is 7.11. The number of fused-ring (bicyclic) bond motifs is 3. The molecule has 0 fully saturated rings. The third kappa shape index (κ3) is 2.96. The number of rotatable bonds is 4. The van der Waals surface area contributed by atoms with Gasteiger partial charge in [-0.1, -0.05) is 102 Å². The van der Waals surface area contributed by atoms with Crippen molar-refractivity contribution in [3.8, 4) is 11.1 Å². The largest absolute Gasteiger partial charge is 0.289 e. The second-order valence-corrected chi connectivity index (χ2v) is 8.30. The molecule has 0 saturated carbocycles. The molecule has 1 aliphatic rings. The Morgan fingerprint density at radius 3 is 1.83 bits per heavy atom. The number of hydrogen-bond acceptors (Lipinski definition) is 2. The summed E-state index contributed by atoms with van der Waals surface area (Å²) in [7, 11) is 0.490. The molecule has 5 rings (SSSR count). The van der Waals surface area contributed by atoms with E-state index in [9.17, 15) is 9.59 Å². The molecule has 29 heavy (non-hydrogen) atoms. The van der Waals surface area contributed by atoms with E-state index in [2.05, 4.69) is 6.07 Å². The molecule has 4 aromatic rings. The molecule has 2 radical (unpaired) electrons. The van der Waals surface area contributed by atoms with Gasteiger partial charge in [0.2, 0.25) is 0 Å². The quantitative estimate of drug-likeness (QED) is 0.347. The molecule has 0 bridgehead atoms. The number of hydrogen-bond donors (Lipinski definition) is 0. The maximum atomic E-state index is 13.6. The van der Waals surface area contributed by atoms with Crippen molar-refractivity contribution in [1.82, 2.24) is 0 Å². The first-order valence-corrected chi connectivity index (χ1v) is 10.5. The first kappa shape index (κ1) is 17.5. The monoisotopic (exact) mass is 388 g/mol. The first-order chi connectivity index (χ1) is 14.2. The van der Waals surface area contributed by atoms with Crippen LogP contribution in [0.25, 0.3) is 11.1 Å². The molecule has 1 aliphatic heterocycles. The Labute approximate surface area is 171 Å². The van der Waals surface area contributed by atoms with Crippen molar-refractivity contribution in [2.75, 3.05) is 0 Å². The van der Waals surface area contributed by atoms with Crippen LogP contribution in [0.15, 0.2) is 97.1 Å². The van der Waals surface area contributed by atoms with Crippen molar-refractivity contribution in [2.24, 2.45) is 0 Å². The molecular weight excluding hydrogens is 372 g/mol. The first-order valence-electron chi connectivity index (χ1n) is 9.47. The van der Waals surface area contributed by atoms with Crippen molar-refractivity contribution in [2.45, 2.75) is 0 Å². The summed E-state index contributed by atoms with van der Waals surface area (Å²) in [6, 6.07) is 30.3. The minimum atomic E-state index is -0.125. The summed E-state index contributed by atoms with van der Waals surface area (Å²) < 4.78 is 0. The summed E-state index contributed by atoms with van der Waals surface area (Å²) in [4.78, 5) is 27.0. The molecule has 0 aliphatic carbocycles. The lowest BCUT2D eigenvalue weighted by Gasteiger charge is -2.15. The molecular formula is C26H16O2Si. The Morgan fingerprint density at radius 1 is 0.552 bits per heavy atom. The highest BCUT2D eigenvalue weighted by Gasteiger charge is 2.30. The molecule has 0 spiro atoms. The van der Waals surface area contributed by atoms with Crippen LogP contribution in [-0.4, -0.2) is 21.1 Å². The third-order valence-corrected chi connectivity index (χ3v) is 6.61. The van der Waals surface area contributed by atoms with E-state index in [0.717, 1.165) is 16.3 Å². The van der Waals surface area contributed by atoms with Gasteiger partial charge in [0, 0.05) is 22.3 Å². The predicted octanol–water partition coefficient (Wildman–Crippen LogP) is 3.78. The van der Waals surface area contributed by atoms with Gasteiger partial charge < -0.3 is 0 Å². The van der Waals surface area contributed by atoms with Crippen LogP contribution in [-0.2, 0) is 0 Å². The highest BCUT2D eigenvalue weighted by Crippen LogP contribution is 2.30. The van der Waals surface area contributed by atoms with Crippen molar-refractivity contribution in [3.05, 3.63) is 119 Å². The molecule has 0 unspecified atom stereocenters. The van der Waals surface area contributed by atoms with Crippen LogP contribution in [0.4, 0.5) is 0 Å². The Balaban J connectivity index is 1.77. The standard InChI is InChI=1S/C26H16O2Si/c27-25(17-9-3-1-4-10-17)20-15-16-22-23(19-13-7-8-14-21(19)29-22)24(20)26(28)18-11-5-2-6-12-18/h1-16H. The van der Waals surface area contributed by atoms with Gasteiger partial charge in [-0.15, -0.1) is 0 Å². The van der Waals surface area contributed by atoms with Crippen molar-refractivity contribution >= 4 is 31.5 Å². The summed E-state index contributed by atoms with van der Waals surface area (Å²) in [5.74, 6) is -0.233. The molecule has 0 saturated heterocycles. The summed E-state index contributed by atoms with van der Waals surface area (Å²) in [5.41, 5.74) is 4.13. The fourth-order valence-electron chi connectivity index (χ4n) is 3.85. The topological polar surface area (TPSA) is 34.1 Å². The molecule has 4 aromatic carbocycles. The smallest absolute Gasteiger partial charge is 0.194 e. The van der Waals surface area contributed by atoms with Crippen LogP contribution >= 0.6 is 0 Å². The average Bonchev–Trinajstić information content (AvgIpc) is 3.17. The molecule has 136 valence electrons. The van der Waals surface area contributed by atoms with E-state index >= 15 is 0 Å². The van der Waals surface area contributed by atoms with Gasteiger partial charge in [-0.3, -0.25) is 9.59 Å². The number of ketones is 2. The summed E-state index contributed by atoms with van der Waals surface area (Å²) in [5, 5.41) is 2.34. The van der Waals surface area contributed by atoms with Gasteiger partial charge in [0.25, 0.3) is 0 Å². The maximum Gasteiger partial charge on any atom is 0.194 e. The van der Waals surface area contributed by atoms with Crippen LogP contribution in [0.1, 0.15) is 31.8 Å². The van der Waals surface area contributed by atoms with Crippen LogP contribution in [0.5, 0.6) is 0 Å². The van der Waals surface area contributed by atoms with Gasteiger partial charge in [0.05, 0.1) is 0 Å². The Kier molecular flexibility index (Phi) is 4.30. The molecule has 0 amide bonds. The highest BCUT2D eigenvalue weighted by molar-refractivity contribution is 6.73. The minimum Gasteiger partial charge on any atom is -0.289 e. The zero-order valence-electron chi connectivity index (χ0n) is 15.6. The summed E-state index contributed by atoms with van der Waals surface area (Å²) >= 11 is 0. The number of carbonyl (C=O) groups excluding carboxylic acids is 2. The van der Waals surface area contributed by atoms with E-state index in [1.54, 1.807) is 12.1 Å². The normalized spacial score (nSPS) is 11.6. The van der Waals surface area contributed by atoms with Gasteiger partial charge >= 0.3 is 0 Å². The van der Waals surface area contributed by atoms with Crippen molar-refractivity contribution in [1.29, 1.82) is 0 Å².